The van der Waals surface area contributed by atoms with Crippen molar-refractivity contribution in [1.82, 2.24) is 10.2 Å². The molecule has 0 unspecified atom stereocenters. The van der Waals surface area contributed by atoms with Crippen LogP contribution in [0.15, 0.2) is 48.5 Å². The molecule has 172 valence electrons. The summed E-state index contributed by atoms with van der Waals surface area (Å²) in [5, 5.41) is 13.6. The van der Waals surface area contributed by atoms with Crippen molar-refractivity contribution in [2.75, 3.05) is 5.75 Å². The van der Waals surface area contributed by atoms with Gasteiger partial charge in [-0.3, -0.25) is 19.7 Å². The molecule has 0 saturated heterocycles. The average Bonchev–Trinajstić information content (AvgIpc) is 2.78. The fourth-order valence-corrected chi connectivity index (χ4v) is 3.78. The Labute approximate surface area is 191 Å². The molecule has 2 amide bonds. The number of halogens is 1. The molecule has 2 aromatic rings. The number of non-ortho nitro benzene ring substituents is 1. The summed E-state index contributed by atoms with van der Waals surface area (Å²) in [5.74, 6) is -0.438. The number of carbonyl (C=O) groups is 2. The highest BCUT2D eigenvalue weighted by Crippen LogP contribution is 2.19. The minimum atomic E-state index is -0.768. The molecule has 0 aliphatic rings. The van der Waals surface area contributed by atoms with Crippen molar-refractivity contribution in [2.24, 2.45) is 0 Å². The first-order valence-electron chi connectivity index (χ1n) is 10.4. The van der Waals surface area contributed by atoms with Crippen molar-refractivity contribution in [1.29, 1.82) is 0 Å². The fraction of sp³-hybridized carbons (Fsp3) is 0.391. The smallest absolute Gasteiger partial charge is 0.269 e. The van der Waals surface area contributed by atoms with Gasteiger partial charge >= 0.3 is 0 Å². The normalized spacial score (nSPS) is 12.6. The highest BCUT2D eigenvalue weighted by atomic mass is 32.2. The van der Waals surface area contributed by atoms with Crippen LogP contribution in [0.25, 0.3) is 0 Å². The Bertz CT molecular complexity index is 939. The van der Waals surface area contributed by atoms with Crippen molar-refractivity contribution >= 4 is 29.3 Å². The number of hydrogen-bond acceptors (Lipinski definition) is 5. The minimum absolute atomic E-state index is 0.00651. The molecule has 0 aliphatic heterocycles. The van der Waals surface area contributed by atoms with Gasteiger partial charge in [-0.1, -0.05) is 37.3 Å². The highest BCUT2D eigenvalue weighted by Gasteiger charge is 2.27. The summed E-state index contributed by atoms with van der Waals surface area (Å²) in [7, 11) is 0. The maximum atomic E-state index is 14.2. The largest absolute Gasteiger partial charge is 0.352 e. The molecule has 2 aromatic carbocycles. The first-order valence-corrected chi connectivity index (χ1v) is 11.5. The van der Waals surface area contributed by atoms with Gasteiger partial charge in [0.15, 0.2) is 0 Å². The second-order valence-electron chi connectivity index (χ2n) is 7.52. The SMILES string of the molecule is CC[C@H](C)NC(=O)[C@@H](C)N(Cc1ccccc1F)C(=O)CSCc1ccc([N+](=O)[O-])cc1. The van der Waals surface area contributed by atoms with Crippen LogP contribution >= 0.6 is 11.8 Å². The summed E-state index contributed by atoms with van der Waals surface area (Å²) in [6.45, 7) is 5.45. The van der Waals surface area contributed by atoms with Crippen LogP contribution in [0.3, 0.4) is 0 Å². The van der Waals surface area contributed by atoms with Gasteiger partial charge in [0.05, 0.1) is 10.7 Å². The number of nitro benzene ring substituents is 1. The van der Waals surface area contributed by atoms with Crippen molar-refractivity contribution in [3.8, 4) is 0 Å². The highest BCUT2D eigenvalue weighted by molar-refractivity contribution is 7.99. The second-order valence-corrected chi connectivity index (χ2v) is 8.51. The quantitative estimate of drug-likeness (QED) is 0.398. The van der Waals surface area contributed by atoms with E-state index in [4.69, 9.17) is 0 Å². The monoisotopic (exact) mass is 461 g/mol. The first-order chi connectivity index (χ1) is 15.2. The van der Waals surface area contributed by atoms with Gasteiger partial charge < -0.3 is 10.2 Å². The minimum Gasteiger partial charge on any atom is -0.352 e. The molecule has 2 atom stereocenters. The Balaban J connectivity index is 2.07. The Hall–Kier alpha value is -2.94. The van der Waals surface area contributed by atoms with E-state index in [2.05, 4.69) is 5.32 Å². The van der Waals surface area contributed by atoms with Gasteiger partial charge in [0, 0.05) is 36.0 Å². The maximum Gasteiger partial charge on any atom is 0.269 e. The van der Waals surface area contributed by atoms with E-state index in [1.807, 2.05) is 13.8 Å². The van der Waals surface area contributed by atoms with Crippen LogP contribution in [0.4, 0.5) is 10.1 Å². The van der Waals surface area contributed by atoms with Crippen LogP contribution in [-0.2, 0) is 21.9 Å². The molecule has 0 bridgehead atoms. The molecule has 0 aromatic heterocycles. The number of nitrogens with one attached hydrogen (secondary N) is 1. The van der Waals surface area contributed by atoms with E-state index in [1.165, 1.54) is 34.9 Å². The molecule has 7 nitrogen and oxygen atoms in total. The van der Waals surface area contributed by atoms with Crippen LogP contribution in [0.2, 0.25) is 0 Å². The maximum absolute atomic E-state index is 14.2. The van der Waals surface area contributed by atoms with E-state index in [0.717, 1.165) is 12.0 Å². The zero-order valence-corrected chi connectivity index (χ0v) is 19.2. The predicted octanol–water partition coefficient (Wildman–Crippen LogP) is 4.30. The Kier molecular flexibility index (Phi) is 9.64. The lowest BCUT2D eigenvalue weighted by molar-refractivity contribution is -0.384. The third kappa shape index (κ3) is 7.33. The van der Waals surface area contributed by atoms with Crippen LogP contribution in [0, 0.1) is 15.9 Å². The van der Waals surface area contributed by atoms with Gasteiger partial charge in [-0.25, -0.2) is 4.39 Å². The Morgan fingerprint density at radius 2 is 1.81 bits per heavy atom. The van der Waals surface area contributed by atoms with Crippen LogP contribution in [-0.4, -0.2) is 39.5 Å². The van der Waals surface area contributed by atoms with Gasteiger partial charge in [-0.05, 0) is 31.9 Å². The van der Waals surface area contributed by atoms with Crippen molar-refractivity contribution in [3.05, 3.63) is 75.6 Å². The summed E-state index contributed by atoms with van der Waals surface area (Å²) in [6, 6.07) is 11.5. The van der Waals surface area contributed by atoms with Crippen LogP contribution in [0.1, 0.15) is 38.3 Å². The lowest BCUT2D eigenvalue weighted by Gasteiger charge is -2.29. The lowest BCUT2D eigenvalue weighted by Crippen LogP contribution is -2.50. The zero-order valence-electron chi connectivity index (χ0n) is 18.4. The topological polar surface area (TPSA) is 92.6 Å². The van der Waals surface area contributed by atoms with Crippen molar-refractivity contribution in [3.63, 3.8) is 0 Å². The molecule has 0 spiro atoms. The van der Waals surface area contributed by atoms with Crippen molar-refractivity contribution in [2.45, 2.75) is 51.6 Å². The molecular formula is C23H28FN3O4S. The molecule has 0 saturated carbocycles. The number of nitrogens with zero attached hydrogens (tertiary/aromatic N) is 2. The summed E-state index contributed by atoms with van der Waals surface area (Å²) >= 11 is 1.33. The van der Waals surface area contributed by atoms with E-state index >= 15 is 0 Å². The molecule has 2 rings (SSSR count). The van der Waals surface area contributed by atoms with E-state index < -0.39 is 16.8 Å². The number of benzene rings is 2. The van der Waals surface area contributed by atoms with Gasteiger partial charge in [0.2, 0.25) is 11.8 Å². The number of hydrogen-bond donors (Lipinski definition) is 1. The van der Waals surface area contributed by atoms with E-state index in [1.54, 1.807) is 37.3 Å². The summed E-state index contributed by atoms with van der Waals surface area (Å²) in [4.78, 5) is 37.3. The third-order valence-electron chi connectivity index (χ3n) is 5.11. The molecule has 1 N–H and O–H groups in total. The predicted molar refractivity (Wildman–Crippen MR) is 124 cm³/mol. The molecular weight excluding hydrogens is 433 g/mol. The molecule has 9 heteroatoms. The van der Waals surface area contributed by atoms with Gasteiger partial charge in [0.1, 0.15) is 11.9 Å². The first kappa shape index (κ1) is 25.3. The molecule has 32 heavy (non-hydrogen) atoms. The van der Waals surface area contributed by atoms with Crippen LogP contribution < -0.4 is 5.32 Å². The van der Waals surface area contributed by atoms with Gasteiger partial charge in [-0.2, -0.15) is 0 Å². The standard InChI is InChI=1S/C23H28FN3O4S/c1-4-16(2)25-23(29)17(3)26(13-19-7-5-6-8-21(19)24)22(28)15-32-14-18-9-11-20(12-10-18)27(30)31/h5-12,16-17H,4,13-15H2,1-3H3,(H,25,29)/t16-,17+/m0/s1. The number of amides is 2. The fourth-order valence-electron chi connectivity index (χ4n) is 2.91. The van der Waals surface area contributed by atoms with Crippen LogP contribution in [0.5, 0.6) is 0 Å². The van der Waals surface area contributed by atoms with E-state index in [-0.39, 0.29) is 35.8 Å². The molecule has 0 aliphatic carbocycles. The van der Waals surface area contributed by atoms with Crippen molar-refractivity contribution < 1.29 is 18.9 Å². The molecule has 0 radical (unpaired) electrons. The number of rotatable bonds is 11. The lowest BCUT2D eigenvalue weighted by atomic mass is 10.1. The molecule has 0 heterocycles. The molecule has 0 fully saturated rings. The number of nitro groups is 1. The average molecular weight is 462 g/mol. The summed E-state index contributed by atoms with van der Waals surface area (Å²) in [5.41, 5.74) is 1.19. The second kappa shape index (κ2) is 12.2. The summed E-state index contributed by atoms with van der Waals surface area (Å²) < 4.78 is 14.2. The Morgan fingerprint density at radius 1 is 1.16 bits per heavy atom. The van der Waals surface area contributed by atoms with Gasteiger partial charge in [-0.15, -0.1) is 11.8 Å². The Morgan fingerprint density at radius 3 is 2.41 bits per heavy atom. The summed E-state index contributed by atoms with van der Waals surface area (Å²) in [6.07, 6.45) is 0.755. The third-order valence-corrected chi connectivity index (χ3v) is 6.10. The van der Waals surface area contributed by atoms with Gasteiger partial charge in [0.25, 0.3) is 5.69 Å². The zero-order chi connectivity index (χ0) is 23.7. The van der Waals surface area contributed by atoms with E-state index in [9.17, 15) is 24.1 Å². The number of thioether (sulfide) groups is 1. The number of carbonyl (C=O) groups excluding carboxylic acids is 2. The van der Waals surface area contributed by atoms with E-state index in [0.29, 0.717) is 11.3 Å².